The van der Waals surface area contributed by atoms with Crippen LogP contribution in [0.4, 0.5) is 13.2 Å². The minimum Gasteiger partial charge on any atom is -0.372 e. The molecule has 1 fully saturated rings. The van der Waals surface area contributed by atoms with Crippen molar-refractivity contribution in [1.82, 2.24) is 4.90 Å². The molecule has 0 amide bonds. The zero-order chi connectivity index (χ0) is 13.4. The largest absolute Gasteiger partial charge is 0.411 e. The predicted molar refractivity (Wildman–Crippen MR) is 69.1 cm³/mol. The van der Waals surface area contributed by atoms with Crippen LogP contribution in [0.25, 0.3) is 0 Å². The first kappa shape index (κ1) is 16.2. The van der Waals surface area contributed by atoms with Gasteiger partial charge in [-0.25, -0.2) is 0 Å². The Balaban J connectivity index is 2.13. The van der Waals surface area contributed by atoms with Gasteiger partial charge in [0, 0.05) is 31.1 Å². The highest BCUT2D eigenvalue weighted by Gasteiger charge is 2.27. The Labute approximate surface area is 115 Å². The molecule has 0 spiro atoms. The van der Waals surface area contributed by atoms with E-state index in [1.807, 2.05) is 0 Å². The topological polar surface area (TPSA) is 12.5 Å². The molecule has 1 aliphatic rings. The van der Waals surface area contributed by atoms with E-state index in [1.165, 1.54) is 25.7 Å². The first-order valence-electron chi connectivity index (χ1n) is 6.47. The number of hydrogen-bond acceptors (Lipinski definition) is 2. The van der Waals surface area contributed by atoms with Crippen molar-refractivity contribution in [1.29, 1.82) is 0 Å². The molecular formula is C12H21BrF3NO. The lowest BCUT2D eigenvalue weighted by Crippen LogP contribution is -2.36. The molecule has 108 valence electrons. The van der Waals surface area contributed by atoms with E-state index >= 15 is 0 Å². The molecular weight excluding hydrogens is 311 g/mol. The molecule has 0 aromatic rings. The first-order chi connectivity index (χ1) is 8.53. The third kappa shape index (κ3) is 6.95. The highest BCUT2D eigenvalue weighted by Crippen LogP contribution is 2.23. The fraction of sp³-hybridized carbons (Fsp3) is 1.00. The van der Waals surface area contributed by atoms with Crippen LogP contribution in [0.1, 0.15) is 32.1 Å². The molecule has 1 saturated carbocycles. The lowest BCUT2D eigenvalue weighted by molar-refractivity contribution is -0.174. The Morgan fingerprint density at radius 1 is 1.17 bits per heavy atom. The van der Waals surface area contributed by atoms with Gasteiger partial charge >= 0.3 is 6.18 Å². The fourth-order valence-electron chi connectivity index (χ4n) is 2.41. The van der Waals surface area contributed by atoms with E-state index in [-0.39, 0.29) is 6.61 Å². The van der Waals surface area contributed by atoms with Crippen molar-refractivity contribution in [3.8, 4) is 0 Å². The SMILES string of the molecule is FC(F)(F)COCCCN(CCBr)C1CCCC1. The zero-order valence-electron chi connectivity index (χ0n) is 10.5. The van der Waals surface area contributed by atoms with Crippen LogP contribution >= 0.6 is 15.9 Å². The minimum absolute atomic E-state index is 0.186. The highest BCUT2D eigenvalue weighted by molar-refractivity contribution is 9.09. The van der Waals surface area contributed by atoms with Crippen LogP contribution in [0.2, 0.25) is 0 Å². The standard InChI is InChI=1S/C12H21BrF3NO/c13-6-8-17(11-4-1-2-5-11)7-3-9-18-10-12(14,15)16/h11H,1-10H2. The molecule has 6 heteroatoms. The quantitative estimate of drug-likeness (QED) is 0.497. The molecule has 0 radical (unpaired) electrons. The van der Waals surface area contributed by atoms with Gasteiger partial charge in [-0.3, -0.25) is 4.90 Å². The molecule has 1 aliphatic carbocycles. The van der Waals surface area contributed by atoms with Crippen molar-refractivity contribution in [2.24, 2.45) is 0 Å². The van der Waals surface area contributed by atoms with Gasteiger partial charge in [0.05, 0.1) is 0 Å². The van der Waals surface area contributed by atoms with Crippen molar-refractivity contribution >= 4 is 15.9 Å². The van der Waals surface area contributed by atoms with Crippen LogP contribution in [-0.4, -0.2) is 48.8 Å². The van der Waals surface area contributed by atoms with Crippen LogP contribution < -0.4 is 0 Å². The van der Waals surface area contributed by atoms with Crippen molar-refractivity contribution in [2.45, 2.75) is 44.3 Å². The molecule has 0 unspecified atom stereocenters. The van der Waals surface area contributed by atoms with Crippen LogP contribution in [-0.2, 0) is 4.74 Å². The lowest BCUT2D eigenvalue weighted by atomic mass is 10.2. The lowest BCUT2D eigenvalue weighted by Gasteiger charge is -2.28. The second kappa shape index (κ2) is 8.38. The third-order valence-electron chi connectivity index (χ3n) is 3.21. The summed E-state index contributed by atoms with van der Waals surface area (Å²) in [5.41, 5.74) is 0. The van der Waals surface area contributed by atoms with E-state index < -0.39 is 12.8 Å². The van der Waals surface area contributed by atoms with Gasteiger partial charge in [-0.2, -0.15) is 13.2 Å². The number of nitrogens with zero attached hydrogens (tertiary/aromatic N) is 1. The molecule has 0 bridgehead atoms. The van der Waals surface area contributed by atoms with Gasteiger partial charge in [0.25, 0.3) is 0 Å². The maximum Gasteiger partial charge on any atom is 0.411 e. The smallest absolute Gasteiger partial charge is 0.372 e. The summed E-state index contributed by atoms with van der Waals surface area (Å²) in [7, 11) is 0. The average molecular weight is 332 g/mol. The van der Waals surface area contributed by atoms with Crippen molar-refractivity contribution < 1.29 is 17.9 Å². The first-order valence-corrected chi connectivity index (χ1v) is 7.59. The van der Waals surface area contributed by atoms with E-state index in [9.17, 15) is 13.2 Å². The summed E-state index contributed by atoms with van der Waals surface area (Å²) in [6.45, 7) is 0.845. The average Bonchev–Trinajstić information content (AvgIpc) is 2.79. The van der Waals surface area contributed by atoms with E-state index in [4.69, 9.17) is 0 Å². The summed E-state index contributed by atoms with van der Waals surface area (Å²) < 4.78 is 40.2. The van der Waals surface area contributed by atoms with Gasteiger partial charge < -0.3 is 4.74 Å². The zero-order valence-corrected chi connectivity index (χ0v) is 12.1. The number of ether oxygens (including phenoxy) is 1. The monoisotopic (exact) mass is 331 g/mol. The summed E-state index contributed by atoms with van der Waals surface area (Å²) in [5, 5.41) is 0.910. The molecule has 0 aliphatic heterocycles. The molecule has 0 saturated heterocycles. The van der Waals surface area contributed by atoms with Gasteiger partial charge in [0.2, 0.25) is 0 Å². The Hall–Kier alpha value is 0.190. The summed E-state index contributed by atoms with van der Waals surface area (Å²) >= 11 is 3.42. The van der Waals surface area contributed by atoms with Gasteiger partial charge in [-0.05, 0) is 19.3 Å². The van der Waals surface area contributed by atoms with Crippen LogP contribution in [0.5, 0.6) is 0 Å². The minimum atomic E-state index is -4.21. The normalized spacial score (nSPS) is 17.8. The highest BCUT2D eigenvalue weighted by atomic mass is 79.9. The van der Waals surface area contributed by atoms with Gasteiger partial charge in [-0.15, -0.1) is 0 Å². The summed E-state index contributed by atoms with van der Waals surface area (Å²) in [5.74, 6) is 0. The van der Waals surface area contributed by atoms with Crippen molar-refractivity contribution in [3.63, 3.8) is 0 Å². The van der Waals surface area contributed by atoms with Crippen molar-refractivity contribution in [2.75, 3.05) is 31.6 Å². The molecule has 18 heavy (non-hydrogen) atoms. The van der Waals surface area contributed by atoms with E-state index in [0.29, 0.717) is 12.5 Å². The van der Waals surface area contributed by atoms with Gasteiger partial charge in [0.1, 0.15) is 6.61 Å². The Morgan fingerprint density at radius 3 is 2.39 bits per heavy atom. The van der Waals surface area contributed by atoms with Crippen LogP contribution in [0.3, 0.4) is 0 Å². The Morgan fingerprint density at radius 2 is 1.83 bits per heavy atom. The number of alkyl halides is 4. The predicted octanol–water partition coefficient (Wildman–Crippen LogP) is 3.59. The summed E-state index contributed by atoms with van der Waals surface area (Å²) in [6, 6.07) is 0.616. The van der Waals surface area contributed by atoms with Crippen LogP contribution in [0, 0.1) is 0 Å². The van der Waals surface area contributed by atoms with Gasteiger partial charge in [-0.1, -0.05) is 28.8 Å². The number of halogens is 4. The molecule has 2 nitrogen and oxygen atoms in total. The Bertz CT molecular complexity index is 220. The van der Waals surface area contributed by atoms with E-state index in [1.54, 1.807) is 0 Å². The third-order valence-corrected chi connectivity index (χ3v) is 3.57. The molecule has 0 N–H and O–H groups in total. The summed E-state index contributed by atoms with van der Waals surface area (Å²) in [4.78, 5) is 2.37. The van der Waals surface area contributed by atoms with E-state index in [2.05, 4.69) is 25.6 Å². The Kier molecular flexibility index (Phi) is 7.56. The molecule has 1 rings (SSSR count). The van der Waals surface area contributed by atoms with Crippen molar-refractivity contribution in [3.05, 3.63) is 0 Å². The van der Waals surface area contributed by atoms with E-state index in [0.717, 1.165) is 18.4 Å². The number of rotatable bonds is 8. The van der Waals surface area contributed by atoms with Crippen LogP contribution in [0.15, 0.2) is 0 Å². The second-order valence-electron chi connectivity index (χ2n) is 4.68. The molecule has 0 aromatic carbocycles. The maximum absolute atomic E-state index is 11.9. The number of hydrogen-bond donors (Lipinski definition) is 0. The second-order valence-corrected chi connectivity index (χ2v) is 5.48. The molecule has 0 atom stereocenters. The maximum atomic E-state index is 11.9. The molecule has 0 heterocycles. The fourth-order valence-corrected chi connectivity index (χ4v) is 2.87. The van der Waals surface area contributed by atoms with Gasteiger partial charge in [0.15, 0.2) is 0 Å². The summed E-state index contributed by atoms with van der Waals surface area (Å²) in [6.07, 6.45) is 1.44. The molecule has 0 aromatic heterocycles.